The number of hydrogen-bond acceptors (Lipinski definition) is 5. The Labute approximate surface area is 137 Å². The number of carboxylic acid groups (broad SMARTS) is 1. The van der Waals surface area contributed by atoms with Gasteiger partial charge in [0.1, 0.15) is 23.7 Å². The molecule has 0 atom stereocenters. The van der Waals surface area contributed by atoms with Gasteiger partial charge in [0.2, 0.25) is 0 Å². The maximum Gasteiger partial charge on any atom is 0.339 e. The van der Waals surface area contributed by atoms with Crippen molar-refractivity contribution < 1.29 is 28.2 Å². The maximum absolute atomic E-state index is 12.2. The largest absolute Gasteiger partial charge is 0.507 e. The highest BCUT2D eigenvalue weighted by Crippen LogP contribution is 2.24. The van der Waals surface area contributed by atoms with E-state index >= 15 is 0 Å². The molecule has 23 heavy (non-hydrogen) atoms. The monoisotopic (exact) mass is 356 g/mol. The average Bonchev–Trinajstić information content (AvgIpc) is 2.47. The lowest BCUT2D eigenvalue weighted by atomic mass is 10.2. The second kappa shape index (κ2) is 6.89. The molecule has 0 unspecified atom stereocenters. The molecule has 0 fully saturated rings. The average molecular weight is 357 g/mol. The fourth-order valence-electron chi connectivity index (χ4n) is 1.86. The van der Waals surface area contributed by atoms with E-state index in [0.717, 1.165) is 6.07 Å². The normalized spacial score (nSPS) is 11.2. The van der Waals surface area contributed by atoms with Crippen molar-refractivity contribution in [2.75, 3.05) is 12.4 Å². The van der Waals surface area contributed by atoms with Gasteiger partial charge >= 0.3 is 5.97 Å². The van der Waals surface area contributed by atoms with Gasteiger partial charge in [-0.2, -0.15) is 0 Å². The van der Waals surface area contributed by atoms with Gasteiger partial charge in [-0.3, -0.25) is 0 Å². The minimum atomic E-state index is -3.61. The van der Waals surface area contributed by atoms with Gasteiger partial charge in [-0.05, 0) is 24.3 Å². The number of benzene rings is 2. The second-order valence-electron chi connectivity index (χ2n) is 4.58. The van der Waals surface area contributed by atoms with E-state index in [1.807, 2.05) is 0 Å². The molecule has 0 bridgehead atoms. The Morgan fingerprint density at radius 1 is 1.17 bits per heavy atom. The van der Waals surface area contributed by atoms with E-state index in [4.69, 9.17) is 21.4 Å². The van der Waals surface area contributed by atoms with Crippen LogP contribution in [0.15, 0.2) is 47.4 Å². The van der Waals surface area contributed by atoms with Gasteiger partial charge in [-0.15, -0.1) is 0 Å². The van der Waals surface area contributed by atoms with Crippen molar-refractivity contribution in [1.29, 1.82) is 0 Å². The number of halogens is 1. The number of rotatable bonds is 6. The summed E-state index contributed by atoms with van der Waals surface area (Å²) in [7, 11) is -3.61. The molecule has 0 aliphatic carbocycles. The minimum Gasteiger partial charge on any atom is -0.507 e. The Bertz CT molecular complexity index is 832. The van der Waals surface area contributed by atoms with Gasteiger partial charge in [-0.25, -0.2) is 13.2 Å². The van der Waals surface area contributed by atoms with Crippen LogP contribution in [0.5, 0.6) is 11.5 Å². The molecule has 0 aliphatic heterocycles. The molecule has 0 spiro atoms. The zero-order valence-electron chi connectivity index (χ0n) is 11.8. The van der Waals surface area contributed by atoms with E-state index in [2.05, 4.69) is 0 Å². The highest BCUT2D eigenvalue weighted by molar-refractivity contribution is 7.91. The molecule has 2 rings (SSSR count). The summed E-state index contributed by atoms with van der Waals surface area (Å²) < 4.78 is 29.6. The van der Waals surface area contributed by atoms with Gasteiger partial charge in [0, 0.05) is 6.07 Å². The van der Waals surface area contributed by atoms with Crippen LogP contribution in [0.4, 0.5) is 0 Å². The molecule has 0 amide bonds. The third-order valence-corrected chi connectivity index (χ3v) is 5.16. The van der Waals surface area contributed by atoms with Crippen LogP contribution in [-0.2, 0) is 9.84 Å². The van der Waals surface area contributed by atoms with Gasteiger partial charge in [0.15, 0.2) is 9.84 Å². The highest BCUT2D eigenvalue weighted by Gasteiger charge is 2.18. The quantitative estimate of drug-likeness (QED) is 0.825. The van der Waals surface area contributed by atoms with Crippen LogP contribution >= 0.6 is 11.6 Å². The van der Waals surface area contributed by atoms with Crippen LogP contribution in [0.2, 0.25) is 5.02 Å². The Hall–Kier alpha value is -2.25. The summed E-state index contributed by atoms with van der Waals surface area (Å²) in [5.41, 5.74) is -0.263. The molecule has 2 aromatic rings. The van der Waals surface area contributed by atoms with Crippen molar-refractivity contribution in [3.8, 4) is 11.5 Å². The molecule has 0 heterocycles. The lowest BCUT2D eigenvalue weighted by Gasteiger charge is -2.09. The lowest BCUT2D eigenvalue weighted by molar-refractivity contribution is 0.0693. The number of ether oxygens (including phenoxy) is 1. The number of aromatic hydroxyl groups is 1. The SMILES string of the molecule is O=C(O)c1ccc(OCCS(=O)(=O)c2ccccc2Cl)cc1O. The first kappa shape index (κ1) is 17.1. The molecule has 0 saturated carbocycles. The van der Waals surface area contributed by atoms with E-state index in [1.54, 1.807) is 12.1 Å². The summed E-state index contributed by atoms with van der Waals surface area (Å²) in [5, 5.41) is 18.5. The molecule has 0 aliphatic rings. The first-order valence-corrected chi connectivity index (χ1v) is 8.50. The number of carboxylic acids is 1. The number of carbonyl (C=O) groups is 1. The van der Waals surface area contributed by atoms with E-state index in [0.29, 0.717) is 0 Å². The van der Waals surface area contributed by atoms with Crippen molar-refractivity contribution in [2.45, 2.75) is 4.90 Å². The molecule has 0 saturated heterocycles. The van der Waals surface area contributed by atoms with E-state index in [1.165, 1.54) is 24.3 Å². The minimum absolute atomic E-state index is 0.0225. The summed E-state index contributed by atoms with van der Waals surface area (Å²) in [6, 6.07) is 9.72. The molecule has 6 nitrogen and oxygen atoms in total. The molecule has 8 heteroatoms. The number of sulfone groups is 1. The predicted octanol–water partition coefficient (Wildman–Crippen LogP) is 2.60. The fraction of sp³-hybridized carbons (Fsp3) is 0.133. The Morgan fingerprint density at radius 2 is 1.87 bits per heavy atom. The lowest BCUT2D eigenvalue weighted by Crippen LogP contribution is -2.14. The van der Waals surface area contributed by atoms with Gasteiger partial charge < -0.3 is 14.9 Å². The summed E-state index contributed by atoms with van der Waals surface area (Å²) in [6.07, 6.45) is 0. The Kier molecular flexibility index (Phi) is 5.12. The first-order valence-electron chi connectivity index (χ1n) is 6.47. The van der Waals surface area contributed by atoms with Crippen LogP contribution in [0.3, 0.4) is 0 Å². The van der Waals surface area contributed by atoms with Crippen LogP contribution in [-0.4, -0.2) is 37.0 Å². The number of phenols is 1. The predicted molar refractivity (Wildman–Crippen MR) is 84.1 cm³/mol. The summed E-state index contributed by atoms with van der Waals surface area (Å²) in [6.45, 7) is -0.167. The fourth-order valence-corrected chi connectivity index (χ4v) is 3.52. The molecule has 0 aromatic heterocycles. The van der Waals surface area contributed by atoms with Crippen molar-refractivity contribution in [3.05, 3.63) is 53.1 Å². The highest BCUT2D eigenvalue weighted by atomic mass is 35.5. The topological polar surface area (TPSA) is 101 Å². The molecule has 2 aromatic carbocycles. The number of hydrogen-bond donors (Lipinski definition) is 2. The van der Waals surface area contributed by atoms with Gasteiger partial charge in [0.05, 0.1) is 15.7 Å². The molecule has 2 N–H and O–H groups in total. The second-order valence-corrected chi connectivity index (χ2v) is 7.07. The zero-order chi connectivity index (χ0) is 17.0. The summed E-state index contributed by atoms with van der Waals surface area (Å²) in [4.78, 5) is 10.8. The van der Waals surface area contributed by atoms with Crippen LogP contribution in [0.25, 0.3) is 0 Å². The summed E-state index contributed by atoms with van der Waals surface area (Å²) >= 11 is 5.86. The number of aromatic carboxylic acids is 1. The maximum atomic E-state index is 12.2. The van der Waals surface area contributed by atoms with E-state index < -0.39 is 21.6 Å². The third-order valence-electron chi connectivity index (χ3n) is 2.99. The molecule has 0 radical (unpaired) electrons. The standard InChI is InChI=1S/C15H13ClO6S/c16-12-3-1-2-4-14(12)23(20,21)8-7-22-10-5-6-11(15(18)19)13(17)9-10/h1-6,9,17H,7-8H2,(H,18,19). The third kappa shape index (κ3) is 4.14. The van der Waals surface area contributed by atoms with Gasteiger partial charge in [0.25, 0.3) is 0 Å². The first-order chi connectivity index (χ1) is 10.8. The van der Waals surface area contributed by atoms with Crippen molar-refractivity contribution >= 4 is 27.4 Å². The van der Waals surface area contributed by atoms with Crippen molar-refractivity contribution in [1.82, 2.24) is 0 Å². The van der Waals surface area contributed by atoms with Crippen LogP contribution < -0.4 is 4.74 Å². The molecular formula is C15H13ClO6S. The van der Waals surface area contributed by atoms with Crippen molar-refractivity contribution in [3.63, 3.8) is 0 Å². The van der Waals surface area contributed by atoms with Gasteiger partial charge in [-0.1, -0.05) is 23.7 Å². The smallest absolute Gasteiger partial charge is 0.339 e. The van der Waals surface area contributed by atoms with Crippen LogP contribution in [0, 0.1) is 0 Å². The summed E-state index contributed by atoms with van der Waals surface area (Å²) in [5.74, 6) is -1.86. The Balaban J connectivity index is 2.04. The molecular weight excluding hydrogens is 344 g/mol. The molecule has 122 valence electrons. The van der Waals surface area contributed by atoms with E-state index in [9.17, 15) is 18.3 Å². The van der Waals surface area contributed by atoms with Crippen molar-refractivity contribution in [2.24, 2.45) is 0 Å². The van der Waals surface area contributed by atoms with E-state index in [-0.39, 0.29) is 33.6 Å². The zero-order valence-corrected chi connectivity index (χ0v) is 13.3. The van der Waals surface area contributed by atoms with Crippen LogP contribution in [0.1, 0.15) is 10.4 Å². The Morgan fingerprint density at radius 3 is 2.48 bits per heavy atom.